The molecule has 3 rings (SSSR count). The van der Waals surface area contributed by atoms with Crippen molar-refractivity contribution in [3.63, 3.8) is 0 Å². The Morgan fingerprint density at radius 1 is 1.46 bits per heavy atom. The monoisotopic (exact) mass is 346 g/mol. The Balaban J connectivity index is 1.46. The molecule has 0 saturated carbocycles. The first-order valence-corrected chi connectivity index (χ1v) is 9.59. The zero-order chi connectivity index (χ0) is 16.9. The third-order valence-electron chi connectivity index (χ3n) is 4.65. The lowest BCUT2D eigenvalue weighted by molar-refractivity contribution is -0.122. The van der Waals surface area contributed by atoms with Gasteiger partial charge in [-0.25, -0.2) is 0 Å². The van der Waals surface area contributed by atoms with Crippen LogP contribution in [-0.4, -0.2) is 46.3 Å². The van der Waals surface area contributed by atoms with Crippen molar-refractivity contribution in [2.45, 2.75) is 45.7 Å². The molecule has 6 heteroatoms. The number of aryl methyl sites for hydroxylation is 2. The van der Waals surface area contributed by atoms with Gasteiger partial charge < -0.3 is 5.32 Å². The molecule has 0 aromatic carbocycles. The summed E-state index contributed by atoms with van der Waals surface area (Å²) in [6, 6.07) is 4.63. The molecular formula is C18H26N4OS. The molecular weight excluding hydrogens is 320 g/mol. The normalized spacial score (nSPS) is 18.2. The molecule has 1 atom stereocenters. The first-order valence-electron chi connectivity index (χ1n) is 8.64. The highest BCUT2D eigenvalue weighted by atomic mass is 32.1. The van der Waals surface area contributed by atoms with Crippen molar-refractivity contribution >= 4 is 17.2 Å². The van der Waals surface area contributed by atoms with E-state index in [1.165, 1.54) is 11.3 Å². The van der Waals surface area contributed by atoms with Gasteiger partial charge in [-0.2, -0.15) is 16.4 Å². The molecule has 2 aromatic rings. The molecule has 1 N–H and O–H groups in total. The van der Waals surface area contributed by atoms with Crippen LogP contribution < -0.4 is 5.32 Å². The van der Waals surface area contributed by atoms with E-state index in [1.54, 1.807) is 11.3 Å². The zero-order valence-corrected chi connectivity index (χ0v) is 15.3. The van der Waals surface area contributed by atoms with Crippen LogP contribution in [0.3, 0.4) is 0 Å². The summed E-state index contributed by atoms with van der Waals surface area (Å²) in [4.78, 5) is 14.5. The van der Waals surface area contributed by atoms with Crippen molar-refractivity contribution in [3.05, 3.63) is 39.8 Å². The number of carbonyl (C=O) groups excluding carboxylic acids is 1. The number of amides is 1. The average molecular weight is 346 g/mol. The maximum atomic E-state index is 12.2. The van der Waals surface area contributed by atoms with Crippen molar-refractivity contribution < 1.29 is 4.79 Å². The van der Waals surface area contributed by atoms with E-state index >= 15 is 0 Å². The Morgan fingerprint density at radius 2 is 2.33 bits per heavy atom. The average Bonchev–Trinajstić information content (AvgIpc) is 3.24. The van der Waals surface area contributed by atoms with Crippen LogP contribution in [0.1, 0.15) is 29.8 Å². The lowest BCUT2D eigenvalue weighted by Gasteiger charge is -2.24. The van der Waals surface area contributed by atoms with Crippen molar-refractivity contribution in [2.24, 2.45) is 0 Å². The van der Waals surface area contributed by atoms with Gasteiger partial charge in [0.15, 0.2) is 0 Å². The smallest absolute Gasteiger partial charge is 0.234 e. The minimum Gasteiger partial charge on any atom is -0.355 e. The Labute approximate surface area is 147 Å². The number of aromatic nitrogens is 2. The summed E-state index contributed by atoms with van der Waals surface area (Å²) >= 11 is 1.70. The van der Waals surface area contributed by atoms with Gasteiger partial charge in [-0.05, 0) is 68.1 Å². The molecule has 0 aliphatic carbocycles. The fourth-order valence-electron chi connectivity index (χ4n) is 3.39. The molecule has 0 bridgehead atoms. The van der Waals surface area contributed by atoms with Gasteiger partial charge in [0, 0.05) is 18.3 Å². The molecule has 130 valence electrons. The van der Waals surface area contributed by atoms with Crippen LogP contribution in [0.4, 0.5) is 0 Å². The summed E-state index contributed by atoms with van der Waals surface area (Å²) in [6.45, 7) is 7.20. The quantitative estimate of drug-likeness (QED) is 0.837. The summed E-state index contributed by atoms with van der Waals surface area (Å²) in [5, 5.41) is 11.8. The first-order chi connectivity index (χ1) is 11.6. The number of likely N-dealkylation sites (tertiary alicyclic amines) is 1. The molecule has 2 aromatic heterocycles. The third-order valence-corrected chi connectivity index (χ3v) is 5.38. The lowest BCUT2D eigenvalue weighted by Crippen LogP contribution is -2.42. The van der Waals surface area contributed by atoms with Gasteiger partial charge in [0.05, 0.1) is 18.8 Å². The lowest BCUT2D eigenvalue weighted by atomic mass is 10.2. The highest BCUT2D eigenvalue weighted by Crippen LogP contribution is 2.19. The van der Waals surface area contributed by atoms with Crippen LogP contribution in [0.15, 0.2) is 22.9 Å². The Hall–Kier alpha value is -1.66. The number of nitrogens with one attached hydrogen (secondary N) is 1. The molecule has 24 heavy (non-hydrogen) atoms. The largest absolute Gasteiger partial charge is 0.355 e. The molecule has 3 heterocycles. The maximum Gasteiger partial charge on any atom is 0.234 e. The molecule has 5 nitrogen and oxygen atoms in total. The van der Waals surface area contributed by atoms with Gasteiger partial charge in [-0.15, -0.1) is 0 Å². The number of nitrogens with zero attached hydrogens (tertiary/aromatic N) is 3. The van der Waals surface area contributed by atoms with E-state index in [2.05, 4.69) is 49.8 Å². The fraction of sp³-hybridized carbons (Fsp3) is 0.556. The standard InChI is InChI=1S/C18H26N4OS/c1-14-10-15(2)22(20-14)11-17-4-3-8-21(17)12-18(23)19-7-5-16-6-9-24-13-16/h6,9-10,13,17H,3-5,7-8,11-12H2,1-2H3,(H,19,23)/t17-/m1/s1. The van der Waals surface area contributed by atoms with Gasteiger partial charge in [0.2, 0.25) is 5.91 Å². The SMILES string of the molecule is Cc1cc(C)n(C[C@H]2CCCN2CC(=O)NCCc2ccsc2)n1. The van der Waals surface area contributed by atoms with Crippen molar-refractivity contribution in [1.82, 2.24) is 20.0 Å². The number of rotatable bonds is 7. The predicted octanol–water partition coefficient (Wildman–Crippen LogP) is 2.38. The molecule has 1 aliphatic rings. The van der Waals surface area contributed by atoms with Crippen LogP contribution in [0.5, 0.6) is 0 Å². The fourth-order valence-corrected chi connectivity index (χ4v) is 4.09. The number of hydrogen-bond acceptors (Lipinski definition) is 4. The molecule has 1 amide bonds. The van der Waals surface area contributed by atoms with E-state index in [-0.39, 0.29) is 5.91 Å². The number of hydrogen-bond donors (Lipinski definition) is 1. The Morgan fingerprint density at radius 3 is 3.04 bits per heavy atom. The van der Waals surface area contributed by atoms with Crippen molar-refractivity contribution in [3.8, 4) is 0 Å². The number of thiophene rings is 1. The molecule has 0 radical (unpaired) electrons. The summed E-state index contributed by atoms with van der Waals surface area (Å²) in [5.74, 6) is 0.130. The molecule has 0 spiro atoms. The third kappa shape index (κ3) is 4.45. The van der Waals surface area contributed by atoms with E-state index in [9.17, 15) is 4.79 Å². The van der Waals surface area contributed by atoms with E-state index in [0.29, 0.717) is 19.1 Å². The van der Waals surface area contributed by atoms with E-state index in [4.69, 9.17) is 0 Å². The van der Waals surface area contributed by atoms with Crippen LogP contribution >= 0.6 is 11.3 Å². The molecule has 0 unspecified atom stereocenters. The zero-order valence-electron chi connectivity index (χ0n) is 14.5. The molecule has 1 fully saturated rings. The summed E-state index contributed by atoms with van der Waals surface area (Å²) in [5.41, 5.74) is 3.55. The van der Waals surface area contributed by atoms with Crippen molar-refractivity contribution in [2.75, 3.05) is 19.6 Å². The summed E-state index contributed by atoms with van der Waals surface area (Å²) in [7, 11) is 0. The maximum absolute atomic E-state index is 12.2. The minimum atomic E-state index is 0.130. The van der Waals surface area contributed by atoms with Crippen molar-refractivity contribution in [1.29, 1.82) is 0 Å². The first kappa shape index (κ1) is 17.2. The summed E-state index contributed by atoms with van der Waals surface area (Å²) in [6.07, 6.45) is 3.21. The predicted molar refractivity (Wildman–Crippen MR) is 97.3 cm³/mol. The van der Waals surface area contributed by atoms with Crippen LogP contribution in [0, 0.1) is 13.8 Å². The molecule has 1 aliphatic heterocycles. The van der Waals surface area contributed by atoms with Gasteiger partial charge in [0.25, 0.3) is 0 Å². The second-order valence-electron chi connectivity index (χ2n) is 6.61. The summed E-state index contributed by atoms with van der Waals surface area (Å²) < 4.78 is 2.08. The van der Waals surface area contributed by atoms with Crippen LogP contribution in [0.2, 0.25) is 0 Å². The van der Waals surface area contributed by atoms with Crippen LogP contribution in [-0.2, 0) is 17.8 Å². The van der Waals surface area contributed by atoms with Gasteiger partial charge in [0.1, 0.15) is 0 Å². The van der Waals surface area contributed by atoms with Gasteiger partial charge in [-0.3, -0.25) is 14.4 Å². The minimum absolute atomic E-state index is 0.130. The van der Waals surface area contributed by atoms with Gasteiger partial charge >= 0.3 is 0 Å². The second kappa shape index (κ2) is 7.94. The van der Waals surface area contributed by atoms with E-state index < -0.39 is 0 Å². The van der Waals surface area contributed by atoms with Gasteiger partial charge in [-0.1, -0.05) is 0 Å². The van der Waals surface area contributed by atoms with E-state index in [1.807, 2.05) is 6.92 Å². The van der Waals surface area contributed by atoms with Crippen LogP contribution in [0.25, 0.3) is 0 Å². The van der Waals surface area contributed by atoms with E-state index in [0.717, 1.165) is 38.0 Å². The highest BCUT2D eigenvalue weighted by molar-refractivity contribution is 7.07. The topological polar surface area (TPSA) is 50.2 Å². The number of carbonyl (C=O) groups is 1. The molecule has 1 saturated heterocycles. The second-order valence-corrected chi connectivity index (χ2v) is 7.39. The Kier molecular flexibility index (Phi) is 5.68. The Bertz CT molecular complexity index is 665. The highest BCUT2D eigenvalue weighted by Gasteiger charge is 2.27.